The van der Waals surface area contributed by atoms with E-state index in [1.165, 1.54) is 30.0 Å². The molecule has 0 unspecified atom stereocenters. The maximum absolute atomic E-state index is 13.4. The Bertz CT molecular complexity index is 721. The van der Waals surface area contributed by atoms with Crippen LogP contribution in [0.3, 0.4) is 0 Å². The topological polar surface area (TPSA) is 52.1 Å². The van der Waals surface area contributed by atoms with Gasteiger partial charge >= 0.3 is 0 Å². The van der Waals surface area contributed by atoms with Gasteiger partial charge in [0.15, 0.2) is 5.16 Å². The van der Waals surface area contributed by atoms with Crippen molar-refractivity contribution in [1.82, 2.24) is 9.97 Å². The Balaban J connectivity index is 2.13. The molecule has 0 bridgehead atoms. The molecule has 2 heterocycles. The van der Waals surface area contributed by atoms with Crippen LogP contribution in [0.25, 0.3) is 0 Å². The number of hydrogen-bond acceptors (Lipinski definition) is 5. The molecule has 3 rings (SSSR count). The number of halogens is 1. The van der Waals surface area contributed by atoms with Crippen LogP contribution in [0.15, 0.2) is 29.6 Å². The van der Waals surface area contributed by atoms with Crippen LogP contribution in [-0.4, -0.2) is 28.6 Å². The fraction of sp³-hybridized carbons (Fsp3) is 0.312. The summed E-state index contributed by atoms with van der Waals surface area (Å²) in [5.41, 5.74) is 1.56. The van der Waals surface area contributed by atoms with E-state index in [9.17, 15) is 9.18 Å². The van der Waals surface area contributed by atoms with Crippen LogP contribution < -0.4 is 4.74 Å². The summed E-state index contributed by atoms with van der Waals surface area (Å²) in [5.74, 6) is -0.386. The van der Waals surface area contributed by atoms with Gasteiger partial charge in [-0.15, -0.1) is 0 Å². The van der Waals surface area contributed by atoms with Crippen LogP contribution >= 0.6 is 11.8 Å². The Labute approximate surface area is 132 Å². The monoisotopic (exact) mass is 318 g/mol. The van der Waals surface area contributed by atoms with Gasteiger partial charge in [-0.2, -0.15) is 0 Å². The second-order valence-electron chi connectivity index (χ2n) is 5.01. The molecule has 0 saturated heterocycles. The number of thioether (sulfide) groups is 1. The van der Waals surface area contributed by atoms with E-state index in [1.807, 2.05) is 6.26 Å². The SMILES string of the molecule is CSc1ncc2c(n1)C(=O)c1ccc(F)cc1OCCCC2. The average molecular weight is 318 g/mol. The number of rotatable bonds is 1. The number of ether oxygens (including phenoxy) is 1. The lowest BCUT2D eigenvalue weighted by atomic mass is 10.00. The van der Waals surface area contributed by atoms with Crippen molar-refractivity contribution in [2.75, 3.05) is 12.9 Å². The first-order valence-corrected chi connectivity index (χ1v) is 8.28. The van der Waals surface area contributed by atoms with Gasteiger partial charge in [0.2, 0.25) is 5.78 Å². The van der Waals surface area contributed by atoms with Crippen molar-refractivity contribution in [3.8, 4) is 5.75 Å². The summed E-state index contributed by atoms with van der Waals surface area (Å²) in [6.45, 7) is 0.461. The smallest absolute Gasteiger partial charge is 0.215 e. The molecule has 0 amide bonds. The highest BCUT2D eigenvalue weighted by Crippen LogP contribution is 2.26. The third kappa shape index (κ3) is 2.97. The highest BCUT2D eigenvalue weighted by Gasteiger charge is 2.22. The molecule has 2 aromatic rings. The van der Waals surface area contributed by atoms with E-state index in [0.29, 0.717) is 23.0 Å². The molecule has 0 atom stereocenters. The molecule has 1 aromatic heterocycles. The number of carbonyl (C=O) groups excluding carboxylic acids is 1. The summed E-state index contributed by atoms with van der Waals surface area (Å²) in [6, 6.07) is 3.98. The number of fused-ring (bicyclic) bond motifs is 2. The Hall–Kier alpha value is -1.95. The van der Waals surface area contributed by atoms with Gasteiger partial charge in [0.25, 0.3) is 0 Å². The highest BCUT2D eigenvalue weighted by molar-refractivity contribution is 7.98. The lowest BCUT2D eigenvalue weighted by molar-refractivity contribution is 0.102. The maximum atomic E-state index is 13.4. The van der Waals surface area contributed by atoms with Crippen LogP contribution in [0.1, 0.15) is 34.5 Å². The number of hydrogen-bond donors (Lipinski definition) is 0. The van der Waals surface area contributed by atoms with E-state index in [4.69, 9.17) is 4.74 Å². The molecule has 0 saturated carbocycles. The number of aromatic nitrogens is 2. The van der Waals surface area contributed by atoms with E-state index in [-0.39, 0.29) is 11.5 Å². The lowest BCUT2D eigenvalue weighted by Crippen LogP contribution is -2.14. The fourth-order valence-corrected chi connectivity index (χ4v) is 2.74. The number of ketones is 1. The zero-order chi connectivity index (χ0) is 15.5. The molecule has 1 aliphatic heterocycles. The van der Waals surface area contributed by atoms with Gasteiger partial charge in [0.05, 0.1) is 12.2 Å². The second kappa shape index (κ2) is 6.44. The van der Waals surface area contributed by atoms with Crippen molar-refractivity contribution in [1.29, 1.82) is 0 Å². The number of nitrogens with zero attached hydrogens (tertiary/aromatic N) is 2. The first-order chi connectivity index (χ1) is 10.7. The molecule has 114 valence electrons. The highest BCUT2D eigenvalue weighted by atomic mass is 32.2. The summed E-state index contributed by atoms with van der Waals surface area (Å²) < 4.78 is 19.0. The predicted molar refractivity (Wildman–Crippen MR) is 82.1 cm³/mol. The molecule has 0 fully saturated rings. The van der Waals surface area contributed by atoms with Crippen LogP contribution in [-0.2, 0) is 6.42 Å². The summed E-state index contributed by atoms with van der Waals surface area (Å²) in [6.07, 6.45) is 6.01. The summed E-state index contributed by atoms with van der Waals surface area (Å²) in [4.78, 5) is 21.4. The minimum absolute atomic E-state index is 0.246. The minimum atomic E-state index is -0.420. The quantitative estimate of drug-likeness (QED) is 0.596. The molecule has 0 spiro atoms. The van der Waals surface area contributed by atoms with E-state index in [2.05, 4.69) is 9.97 Å². The molecule has 22 heavy (non-hydrogen) atoms. The number of benzene rings is 1. The number of aryl methyl sites for hydroxylation is 1. The third-order valence-electron chi connectivity index (χ3n) is 3.53. The van der Waals surface area contributed by atoms with Gasteiger partial charge in [-0.3, -0.25) is 4.79 Å². The van der Waals surface area contributed by atoms with Gasteiger partial charge in [-0.25, -0.2) is 14.4 Å². The van der Waals surface area contributed by atoms with Crippen molar-refractivity contribution >= 4 is 17.5 Å². The number of carbonyl (C=O) groups is 1. The van der Waals surface area contributed by atoms with Crippen LogP contribution in [0.5, 0.6) is 5.75 Å². The molecule has 1 aromatic carbocycles. The molecule has 4 nitrogen and oxygen atoms in total. The van der Waals surface area contributed by atoms with Gasteiger partial charge in [0, 0.05) is 17.8 Å². The zero-order valence-electron chi connectivity index (χ0n) is 12.1. The standard InChI is InChI=1S/C16H15FN2O2S/c1-22-16-18-9-10-4-2-3-7-21-13-8-11(17)5-6-12(13)15(20)14(10)19-16/h5-6,8-9H,2-4,7H2,1H3. The Kier molecular flexibility index (Phi) is 4.38. The minimum Gasteiger partial charge on any atom is -0.493 e. The van der Waals surface area contributed by atoms with Crippen molar-refractivity contribution in [3.05, 3.63) is 47.0 Å². The van der Waals surface area contributed by atoms with Crippen molar-refractivity contribution in [3.63, 3.8) is 0 Å². The van der Waals surface area contributed by atoms with Crippen LogP contribution in [0.4, 0.5) is 4.39 Å². The second-order valence-corrected chi connectivity index (χ2v) is 5.78. The van der Waals surface area contributed by atoms with Crippen LogP contribution in [0, 0.1) is 5.82 Å². The zero-order valence-corrected chi connectivity index (χ0v) is 13.0. The van der Waals surface area contributed by atoms with Gasteiger partial charge in [-0.1, -0.05) is 11.8 Å². The Morgan fingerprint density at radius 1 is 1.32 bits per heavy atom. The molecular formula is C16H15FN2O2S. The van der Waals surface area contributed by atoms with Crippen molar-refractivity contribution in [2.24, 2.45) is 0 Å². The van der Waals surface area contributed by atoms with Crippen LogP contribution in [0.2, 0.25) is 0 Å². The molecular weight excluding hydrogens is 303 g/mol. The van der Waals surface area contributed by atoms with E-state index in [1.54, 1.807) is 6.20 Å². The molecule has 1 aliphatic rings. The normalized spacial score (nSPS) is 14.7. The molecule has 0 radical (unpaired) electrons. The Morgan fingerprint density at radius 2 is 2.18 bits per heavy atom. The molecule has 6 heteroatoms. The first-order valence-electron chi connectivity index (χ1n) is 7.06. The van der Waals surface area contributed by atoms with Crippen molar-refractivity contribution in [2.45, 2.75) is 24.4 Å². The largest absolute Gasteiger partial charge is 0.493 e. The van der Waals surface area contributed by atoms with Crippen molar-refractivity contribution < 1.29 is 13.9 Å². The first kappa shape index (κ1) is 15.0. The van der Waals surface area contributed by atoms with E-state index < -0.39 is 5.82 Å². The third-order valence-corrected chi connectivity index (χ3v) is 4.09. The lowest BCUT2D eigenvalue weighted by Gasteiger charge is -2.15. The Morgan fingerprint density at radius 3 is 3.00 bits per heavy atom. The molecule has 0 N–H and O–H groups in total. The van der Waals surface area contributed by atoms with Gasteiger partial charge < -0.3 is 4.74 Å². The summed E-state index contributed by atoms with van der Waals surface area (Å²) in [7, 11) is 0. The van der Waals surface area contributed by atoms with Gasteiger partial charge in [-0.05, 0) is 37.7 Å². The van der Waals surface area contributed by atoms with Gasteiger partial charge in [0.1, 0.15) is 17.3 Å². The summed E-state index contributed by atoms with van der Waals surface area (Å²) >= 11 is 1.38. The van der Waals surface area contributed by atoms with E-state index >= 15 is 0 Å². The van der Waals surface area contributed by atoms with E-state index in [0.717, 1.165) is 24.8 Å². The maximum Gasteiger partial charge on any atom is 0.215 e. The average Bonchev–Trinajstić information content (AvgIpc) is 2.54. The summed E-state index contributed by atoms with van der Waals surface area (Å²) in [5, 5.41) is 0.550. The molecule has 0 aliphatic carbocycles. The predicted octanol–water partition coefficient (Wildman–Crippen LogP) is 3.28. The fourth-order valence-electron chi connectivity index (χ4n) is 2.40.